The van der Waals surface area contributed by atoms with Gasteiger partial charge in [0.1, 0.15) is 5.75 Å². The lowest BCUT2D eigenvalue weighted by molar-refractivity contribution is 0.107. The molecule has 5 heteroatoms. The Kier molecular flexibility index (Phi) is 6.07. The van der Waals surface area contributed by atoms with Crippen molar-refractivity contribution in [2.24, 2.45) is 4.99 Å². The summed E-state index contributed by atoms with van der Waals surface area (Å²) in [5.74, 6) is 0.474. The van der Waals surface area contributed by atoms with Gasteiger partial charge in [0.2, 0.25) is 0 Å². The molecular formula is C22H21NO4. The summed E-state index contributed by atoms with van der Waals surface area (Å²) in [4.78, 5) is 4.36. The molecular weight excluding hydrogens is 342 g/mol. The predicted octanol–water partition coefficient (Wildman–Crippen LogP) is 4.57. The summed E-state index contributed by atoms with van der Waals surface area (Å²) in [7, 11) is 1.64. The van der Waals surface area contributed by atoms with E-state index < -0.39 is 0 Å². The second kappa shape index (κ2) is 8.87. The van der Waals surface area contributed by atoms with Gasteiger partial charge in [-0.05, 0) is 47.5 Å². The molecule has 0 amide bonds. The van der Waals surface area contributed by atoms with Gasteiger partial charge in [0.15, 0.2) is 11.5 Å². The number of aromatic hydroxyl groups is 2. The minimum atomic E-state index is -0.180. The van der Waals surface area contributed by atoms with Gasteiger partial charge in [-0.1, -0.05) is 30.3 Å². The summed E-state index contributed by atoms with van der Waals surface area (Å²) >= 11 is 0. The SMILES string of the molecule is COc1ccc(COCc2cccc(N=Cc3cccc(O)c3O)c2)cc1. The molecule has 0 aliphatic rings. The van der Waals surface area contributed by atoms with Crippen molar-refractivity contribution in [1.29, 1.82) is 0 Å². The van der Waals surface area contributed by atoms with Crippen molar-refractivity contribution < 1.29 is 19.7 Å². The third kappa shape index (κ3) is 5.09. The topological polar surface area (TPSA) is 71.3 Å². The lowest BCUT2D eigenvalue weighted by Gasteiger charge is -2.06. The Labute approximate surface area is 158 Å². The van der Waals surface area contributed by atoms with Crippen molar-refractivity contribution in [3.63, 3.8) is 0 Å². The number of hydrogen-bond acceptors (Lipinski definition) is 5. The van der Waals surface area contributed by atoms with E-state index in [2.05, 4.69) is 4.99 Å². The van der Waals surface area contributed by atoms with Gasteiger partial charge in [0.25, 0.3) is 0 Å². The van der Waals surface area contributed by atoms with Gasteiger partial charge in [-0.25, -0.2) is 0 Å². The highest BCUT2D eigenvalue weighted by atomic mass is 16.5. The standard InChI is InChI=1S/C22H21NO4/c1-26-20-10-8-16(9-11-20)14-27-15-17-4-2-6-19(12-17)23-13-18-5-3-7-21(24)22(18)25/h2-13,24-25H,14-15H2,1H3. The summed E-state index contributed by atoms with van der Waals surface area (Å²) in [5.41, 5.74) is 3.27. The maximum Gasteiger partial charge on any atom is 0.166 e. The van der Waals surface area contributed by atoms with Gasteiger partial charge < -0.3 is 19.7 Å². The molecule has 3 aromatic carbocycles. The van der Waals surface area contributed by atoms with Crippen LogP contribution in [0.4, 0.5) is 5.69 Å². The van der Waals surface area contributed by atoms with Gasteiger partial charge in [-0.3, -0.25) is 4.99 Å². The summed E-state index contributed by atoms with van der Waals surface area (Å²) in [6.45, 7) is 0.974. The fraction of sp³-hybridized carbons (Fsp3) is 0.136. The van der Waals surface area contributed by atoms with Gasteiger partial charge in [-0.15, -0.1) is 0 Å². The summed E-state index contributed by atoms with van der Waals surface area (Å²) in [6, 6.07) is 20.2. The second-order valence-corrected chi connectivity index (χ2v) is 5.98. The van der Waals surface area contributed by atoms with Crippen LogP contribution in [0.25, 0.3) is 0 Å². The molecule has 0 spiro atoms. The summed E-state index contributed by atoms with van der Waals surface area (Å²) < 4.78 is 10.9. The predicted molar refractivity (Wildman–Crippen MR) is 105 cm³/mol. The first-order chi connectivity index (χ1) is 13.2. The molecule has 0 heterocycles. The van der Waals surface area contributed by atoms with Crippen molar-refractivity contribution in [2.75, 3.05) is 7.11 Å². The number of rotatable bonds is 7. The Morgan fingerprint density at radius 2 is 1.63 bits per heavy atom. The quantitative estimate of drug-likeness (QED) is 0.476. The number of aliphatic imine (C=N–C) groups is 1. The third-order valence-electron chi connectivity index (χ3n) is 4.01. The zero-order valence-corrected chi connectivity index (χ0v) is 15.0. The second-order valence-electron chi connectivity index (χ2n) is 5.98. The zero-order chi connectivity index (χ0) is 19.1. The van der Waals surface area contributed by atoms with Crippen molar-refractivity contribution in [3.8, 4) is 17.2 Å². The fourth-order valence-electron chi connectivity index (χ4n) is 2.53. The van der Waals surface area contributed by atoms with Crippen LogP contribution in [0.2, 0.25) is 0 Å². The van der Waals surface area contributed by atoms with Gasteiger partial charge in [0.05, 0.1) is 26.0 Å². The third-order valence-corrected chi connectivity index (χ3v) is 4.01. The van der Waals surface area contributed by atoms with E-state index in [-0.39, 0.29) is 11.5 Å². The van der Waals surface area contributed by atoms with Crippen molar-refractivity contribution in [2.45, 2.75) is 13.2 Å². The highest BCUT2D eigenvalue weighted by Gasteiger charge is 2.03. The Morgan fingerprint density at radius 3 is 2.41 bits per heavy atom. The summed E-state index contributed by atoms with van der Waals surface area (Å²) in [6.07, 6.45) is 1.52. The molecule has 0 aliphatic carbocycles. The van der Waals surface area contributed by atoms with Crippen molar-refractivity contribution in [1.82, 2.24) is 0 Å². The van der Waals surface area contributed by atoms with Crippen LogP contribution in [0.3, 0.4) is 0 Å². The average Bonchev–Trinajstić information content (AvgIpc) is 2.70. The highest BCUT2D eigenvalue weighted by molar-refractivity contribution is 5.86. The molecule has 0 unspecified atom stereocenters. The molecule has 27 heavy (non-hydrogen) atoms. The number of phenols is 2. The number of methoxy groups -OCH3 is 1. The fourth-order valence-corrected chi connectivity index (χ4v) is 2.53. The van der Waals surface area contributed by atoms with Crippen molar-refractivity contribution >= 4 is 11.9 Å². The number of ether oxygens (including phenoxy) is 2. The molecule has 2 N–H and O–H groups in total. The summed E-state index contributed by atoms with van der Waals surface area (Å²) in [5, 5.41) is 19.3. The highest BCUT2D eigenvalue weighted by Crippen LogP contribution is 2.27. The normalized spacial score (nSPS) is 11.0. The van der Waals surface area contributed by atoms with E-state index in [0.717, 1.165) is 22.6 Å². The maximum atomic E-state index is 9.82. The average molecular weight is 363 g/mol. The molecule has 0 saturated carbocycles. The lowest BCUT2D eigenvalue weighted by atomic mass is 10.2. The molecule has 0 atom stereocenters. The van der Waals surface area contributed by atoms with Crippen molar-refractivity contribution in [3.05, 3.63) is 83.4 Å². The minimum Gasteiger partial charge on any atom is -0.504 e. The Morgan fingerprint density at radius 1 is 0.889 bits per heavy atom. The van der Waals surface area contributed by atoms with Gasteiger partial charge >= 0.3 is 0 Å². The molecule has 0 radical (unpaired) electrons. The molecule has 138 valence electrons. The van der Waals surface area contributed by atoms with Crippen LogP contribution in [0.1, 0.15) is 16.7 Å². The molecule has 0 aliphatic heterocycles. The molecule has 5 nitrogen and oxygen atoms in total. The van der Waals surface area contributed by atoms with Gasteiger partial charge in [0, 0.05) is 11.8 Å². The Balaban J connectivity index is 1.59. The smallest absolute Gasteiger partial charge is 0.166 e. The lowest BCUT2D eigenvalue weighted by Crippen LogP contribution is -1.94. The molecule has 3 aromatic rings. The van der Waals surface area contributed by atoms with E-state index in [9.17, 15) is 10.2 Å². The first kappa shape index (κ1) is 18.5. The van der Waals surface area contributed by atoms with E-state index in [1.807, 2.05) is 48.5 Å². The Hall–Kier alpha value is -3.31. The van der Waals surface area contributed by atoms with Crippen LogP contribution in [0.15, 0.2) is 71.7 Å². The molecule has 0 bridgehead atoms. The van der Waals surface area contributed by atoms with E-state index in [4.69, 9.17) is 9.47 Å². The Bertz CT molecular complexity index is 920. The van der Waals surface area contributed by atoms with Crippen LogP contribution >= 0.6 is 0 Å². The first-order valence-electron chi connectivity index (χ1n) is 8.50. The number of para-hydroxylation sites is 1. The van der Waals surface area contributed by atoms with E-state index >= 15 is 0 Å². The van der Waals surface area contributed by atoms with Crippen LogP contribution in [0.5, 0.6) is 17.2 Å². The molecule has 0 saturated heterocycles. The number of benzene rings is 3. The minimum absolute atomic E-state index is 0.167. The zero-order valence-electron chi connectivity index (χ0n) is 15.0. The molecule has 3 rings (SSSR count). The van der Waals surface area contributed by atoms with Gasteiger partial charge in [-0.2, -0.15) is 0 Å². The largest absolute Gasteiger partial charge is 0.504 e. The molecule has 0 fully saturated rings. The van der Waals surface area contributed by atoms with E-state index in [1.165, 1.54) is 12.3 Å². The van der Waals surface area contributed by atoms with Crippen LogP contribution in [-0.2, 0) is 18.0 Å². The van der Waals surface area contributed by atoms with Crippen LogP contribution in [-0.4, -0.2) is 23.5 Å². The first-order valence-corrected chi connectivity index (χ1v) is 8.50. The number of phenolic OH excluding ortho intramolecular Hbond substituents is 2. The van der Waals surface area contributed by atoms with E-state index in [0.29, 0.717) is 18.8 Å². The molecule has 0 aromatic heterocycles. The number of nitrogens with zero attached hydrogens (tertiary/aromatic N) is 1. The van der Waals surface area contributed by atoms with Crippen LogP contribution in [0, 0.1) is 0 Å². The maximum absolute atomic E-state index is 9.82. The van der Waals surface area contributed by atoms with Crippen LogP contribution < -0.4 is 4.74 Å². The van der Waals surface area contributed by atoms with E-state index in [1.54, 1.807) is 19.2 Å². The number of hydrogen-bond donors (Lipinski definition) is 2. The monoisotopic (exact) mass is 363 g/mol.